The molecule has 1 rings (SSSR count). The van der Waals surface area contributed by atoms with Crippen LogP contribution in [0.4, 0.5) is 0 Å². The smallest absolute Gasteiger partial charge is 0.338 e. The van der Waals surface area contributed by atoms with Crippen LogP contribution in [0.3, 0.4) is 0 Å². The molecule has 19 heavy (non-hydrogen) atoms. The second kappa shape index (κ2) is 29.7. The number of hydrogen-bond acceptors (Lipinski definition) is 3. The Morgan fingerprint density at radius 2 is 0.895 bits per heavy atom. The average molecular weight is 266 g/mol. The van der Waals surface area contributed by atoms with E-state index in [2.05, 4.69) is 31.1 Å². The molecule has 0 radical (unpaired) electrons. The van der Waals surface area contributed by atoms with Crippen molar-refractivity contribution in [3.8, 4) is 0 Å². The fraction of sp³-hybridized carbons (Fsp3) is 0.250. The van der Waals surface area contributed by atoms with Gasteiger partial charge in [0.15, 0.2) is 0 Å². The number of rotatable bonds is 0. The van der Waals surface area contributed by atoms with Gasteiger partial charge in [-0.25, -0.2) is 9.59 Å². The van der Waals surface area contributed by atoms with Crippen LogP contribution in [0.25, 0.3) is 0 Å². The van der Waals surface area contributed by atoms with Crippen LogP contribution in [-0.4, -0.2) is 11.9 Å². The number of allylic oxidation sites excluding steroid dienone is 4. The SMILES string of the molecule is C=CC.C=CC.C=CC.C=CC.O=C1C=CC(=O)O1. The molecule has 0 aromatic heterocycles. The molecule has 0 amide bonds. The fourth-order valence-corrected chi connectivity index (χ4v) is 0.303. The van der Waals surface area contributed by atoms with Gasteiger partial charge in [-0.05, 0) is 27.7 Å². The fourth-order valence-electron chi connectivity index (χ4n) is 0.303. The highest BCUT2D eigenvalue weighted by Gasteiger charge is 2.10. The molecular weight excluding hydrogens is 240 g/mol. The van der Waals surface area contributed by atoms with Crippen molar-refractivity contribution < 1.29 is 14.3 Å². The van der Waals surface area contributed by atoms with Crippen molar-refractivity contribution in [1.29, 1.82) is 0 Å². The molecule has 0 fully saturated rings. The van der Waals surface area contributed by atoms with Crippen molar-refractivity contribution in [3.05, 3.63) is 62.8 Å². The quantitative estimate of drug-likeness (QED) is 0.371. The van der Waals surface area contributed by atoms with E-state index in [9.17, 15) is 9.59 Å². The molecule has 0 saturated carbocycles. The first-order chi connectivity index (χ1) is 8.94. The van der Waals surface area contributed by atoms with Gasteiger partial charge < -0.3 is 4.74 Å². The third kappa shape index (κ3) is 64.9. The summed E-state index contributed by atoms with van der Waals surface area (Å²) >= 11 is 0. The summed E-state index contributed by atoms with van der Waals surface area (Å²) in [5.41, 5.74) is 0. The molecule has 1 heterocycles. The monoisotopic (exact) mass is 266 g/mol. The predicted molar refractivity (Wildman–Crippen MR) is 83.7 cm³/mol. The van der Waals surface area contributed by atoms with Crippen LogP contribution < -0.4 is 0 Å². The van der Waals surface area contributed by atoms with E-state index in [-0.39, 0.29) is 0 Å². The molecule has 0 saturated heterocycles. The van der Waals surface area contributed by atoms with Gasteiger partial charge in [-0.15, -0.1) is 26.3 Å². The first-order valence-corrected chi connectivity index (χ1v) is 5.67. The molecule has 0 bridgehead atoms. The summed E-state index contributed by atoms with van der Waals surface area (Å²) in [4.78, 5) is 19.8. The molecule has 0 aromatic rings. The average Bonchev–Trinajstić information content (AvgIpc) is 2.67. The topological polar surface area (TPSA) is 43.4 Å². The van der Waals surface area contributed by atoms with E-state index in [0.717, 1.165) is 12.2 Å². The van der Waals surface area contributed by atoms with Crippen LogP contribution in [0.1, 0.15) is 27.7 Å². The minimum Gasteiger partial charge on any atom is -0.387 e. The largest absolute Gasteiger partial charge is 0.387 e. The van der Waals surface area contributed by atoms with Gasteiger partial charge in [0.2, 0.25) is 0 Å². The molecule has 0 atom stereocenters. The van der Waals surface area contributed by atoms with Gasteiger partial charge in [0.1, 0.15) is 0 Å². The lowest BCUT2D eigenvalue weighted by Gasteiger charge is -1.80. The zero-order chi connectivity index (χ0) is 16.1. The van der Waals surface area contributed by atoms with Gasteiger partial charge in [-0.3, -0.25) is 0 Å². The Morgan fingerprint density at radius 3 is 0.947 bits per heavy atom. The zero-order valence-corrected chi connectivity index (χ0v) is 12.5. The van der Waals surface area contributed by atoms with Crippen LogP contribution in [0.15, 0.2) is 62.8 Å². The Labute approximate surface area is 117 Å². The highest BCUT2D eigenvalue weighted by atomic mass is 16.6. The number of ether oxygens (including phenoxy) is 1. The lowest BCUT2D eigenvalue weighted by molar-refractivity contribution is -0.150. The maximum atomic E-state index is 9.92. The summed E-state index contributed by atoms with van der Waals surface area (Å²) in [7, 11) is 0. The van der Waals surface area contributed by atoms with Gasteiger partial charge in [-0.2, -0.15) is 0 Å². The molecule has 108 valence electrons. The normalized spacial score (nSPS) is 9.26. The van der Waals surface area contributed by atoms with Crippen molar-refractivity contribution in [3.63, 3.8) is 0 Å². The summed E-state index contributed by atoms with van der Waals surface area (Å²) in [6.45, 7) is 21.0. The molecule has 1 aliphatic heterocycles. The third-order valence-electron chi connectivity index (χ3n) is 0.557. The maximum Gasteiger partial charge on any atom is 0.338 e. The Morgan fingerprint density at radius 1 is 0.737 bits per heavy atom. The zero-order valence-electron chi connectivity index (χ0n) is 12.5. The molecule has 0 spiro atoms. The molecule has 3 heteroatoms. The summed E-state index contributed by atoms with van der Waals surface area (Å²) < 4.78 is 3.97. The predicted octanol–water partition coefficient (Wildman–Crippen LogP) is 4.40. The molecular formula is C16H26O3. The van der Waals surface area contributed by atoms with Crippen molar-refractivity contribution in [2.75, 3.05) is 0 Å². The van der Waals surface area contributed by atoms with E-state index in [0.29, 0.717) is 0 Å². The van der Waals surface area contributed by atoms with Gasteiger partial charge in [0, 0.05) is 12.2 Å². The minimum absolute atomic E-state index is 0.579. The van der Waals surface area contributed by atoms with Crippen LogP contribution >= 0.6 is 0 Å². The maximum absolute atomic E-state index is 9.92. The van der Waals surface area contributed by atoms with E-state index in [1.165, 1.54) is 0 Å². The Kier molecular flexibility index (Phi) is 40.0. The third-order valence-corrected chi connectivity index (χ3v) is 0.557. The number of esters is 2. The minimum atomic E-state index is -0.579. The van der Waals surface area contributed by atoms with Crippen LogP contribution in [-0.2, 0) is 14.3 Å². The van der Waals surface area contributed by atoms with Crippen molar-refractivity contribution in [2.45, 2.75) is 27.7 Å². The summed E-state index contributed by atoms with van der Waals surface area (Å²) in [5.74, 6) is -1.16. The van der Waals surface area contributed by atoms with Gasteiger partial charge in [0.25, 0.3) is 0 Å². The lowest BCUT2D eigenvalue weighted by Crippen LogP contribution is -1.96. The highest BCUT2D eigenvalue weighted by molar-refractivity contribution is 6.04. The second-order valence-corrected chi connectivity index (χ2v) is 2.71. The molecule has 1 aliphatic rings. The standard InChI is InChI=1S/C4H2O3.4C3H6/c5-3-1-2-4(6)7-3;4*1-3-2/h1-2H;4*3H,1H2,2H3. The van der Waals surface area contributed by atoms with Gasteiger partial charge in [-0.1, -0.05) is 24.3 Å². The molecule has 0 aliphatic carbocycles. The van der Waals surface area contributed by atoms with Crippen molar-refractivity contribution >= 4 is 11.9 Å². The second-order valence-electron chi connectivity index (χ2n) is 2.71. The van der Waals surface area contributed by atoms with E-state index >= 15 is 0 Å². The molecule has 0 unspecified atom stereocenters. The highest BCUT2D eigenvalue weighted by Crippen LogP contribution is 1.92. The van der Waals surface area contributed by atoms with E-state index < -0.39 is 11.9 Å². The van der Waals surface area contributed by atoms with Gasteiger partial charge >= 0.3 is 11.9 Å². The molecule has 0 N–H and O–H groups in total. The van der Waals surface area contributed by atoms with Crippen molar-refractivity contribution in [2.24, 2.45) is 0 Å². The van der Waals surface area contributed by atoms with Crippen LogP contribution in [0.2, 0.25) is 0 Å². The van der Waals surface area contributed by atoms with Crippen LogP contribution in [0.5, 0.6) is 0 Å². The summed E-state index contributed by atoms with van der Waals surface area (Å²) in [6, 6.07) is 0. The van der Waals surface area contributed by atoms with Crippen molar-refractivity contribution in [1.82, 2.24) is 0 Å². The van der Waals surface area contributed by atoms with E-state index in [1.54, 1.807) is 24.3 Å². The number of carbonyl (C=O) groups is 2. The number of cyclic esters (lactones) is 2. The Bertz CT molecular complexity index is 246. The first kappa shape index (κ1) is 25.6. The molecule has 3 nitrogen and oxygen atoms in total. The lowest BCUT2D eigenvalue weighted by atomic mass is 10.6. The Hall–Kier alpha value is -2.16. The number of hydrogen-bond donors (Lipinski definition) is 0. The summed E-state index contributed by atoms with van der Waals surface area (Å²) in [6.07, 6.45) is 9.17. The van der Waals surface area contributed by atoms with Crippen LogP contribution in [0, 0.1) is 0 Å². The Balaban J connectivity index is -0.0000000812. The summed E-state index contributed by atoms with van der Waals surface area (Å²) in [5, 5.41) is 0. The van der Waals surface area contributed by atoms with E-state index in [1.807, 2.05) is 27.7 Å². The first-order valence-electron chi connectivity index (χ1n) is 5.67. The number of carbonyl (C=O) groups excluding carboxylic acids is 2. The van der Waals surface area contributed by atoms with Gasteiger partial charge in [0.05, 0.1) is 0 Å². The van der Waals surface area contributed by atoms with E-state index in [4.69, 9.17) is 0 Å². The molecule has 0 aromatic carbocycles.